The molecule has 0 aromatic heterocycles. The fourth-order valence-corrected chi connectivity index (χ4v) is 1.36. The molecule has 1 aliphatic rings. The minimum Gasteiger partial charge on any atom is -0.456 e. The maximum absolute atomic E-state index is 13.0. The van der Waals surface area contributed by atoms with Crippen LogP contribution in [-0.2, 0) is 9.53 Å². The number of hydrogen-bond donors (Lipinski definition) is 0. The Morgan fingerprint density at radius 1 is 1.54 bits per heavy atom. The van der Waals surface area contributed by atoms with Crippen LogP contribution in [0.5, 0.6) is 0 Å². The molecule has 0 amide bonds. The molecule has 3 heteroatoms. The summed E-state index contributed by atoms with van der Waals surface area (Å²) in [6.45, 7) is 3.43. The van der Waals surface area contributed by atoms with Crippen molar-refractivity contribution in [3.63, 3.8) is 0 Å². The third-order valence-corrected chi connectivity index (χ3v) is 2.39. The zero-order chi connectivity index (χ0) is 9.84. The minimum absolute atomic E-state index is 0.392. The molecule has 1 fully saturated rings. The van der Waals surface area contributed by atoms with E-state index in [1.807, 2.05) is 0 Å². The average molecular weight is 186 g/mol. The van der Waals surface area contributed by atoms with Crippen LogP contribution in [0.15, 0.2) is 11.6 Å². The molecule has 2 atom stereocenters. The topological polar surface area (TPSA) is 26.3 Å². The number of hydrogen-bond acceptors (Lipinski definition) is 2. The van der Waals surface area contributed by atoms with Gasteiger partial charge in [0.15, 0.2) is 0 Å². The van der Waals surface area contributed by atoms with Crippen LogP contribution in [0.4, 0.5) is 4.39 Å². The average Bonchev–Trinajstić information content (AvgIpc) is 2.50. The number of ether oxygens (including phenoxy) is 1. The van der Waals surface area contributed by atoms with Gasteiger partial charge in [0.25, 0.3) is 0 Å². The van der Waals surface area contributed by atoms with Gasteiger partial charge in [-0.3, -0.25) is 0 Å². The van der Waals surface area contributed by atoms with Crippen LogP contribution in [-0.4, -0.2) is 18.2 Å². The molecule has 0 spiro atoms. The molecule has 0 bridgehead atoms. The largest absolute Gasteiger partial charge is 0.456 e. The standard InChI is InChI=1S/C10H15FO2/c1-3-7(2)10(12)13-9-6-4-5-8(9)11/h3,8-9H,4-6H2,1-2H3/b7-3-/t8-,9-/m0/s1. The van der Waals surface area contributed by atoms with Gasteiger partial charge in [-0.25, -0.2) is 9.18 Å². The van der Waals surface area contributed by atoms with Crippen molar-refractivity contribution in [2.24, 2.45) is 0 Å². The Balaban J connectivity index is 2.44. The summed E-state index contributed by atoms with van der Waals surface area (Å²) in [5.41, 5.74) is 0.541. The number of allylic oxidation sites excluding steroid dienone is 1. The Morgan fingerprint density at radius 3 is 2.69 bits per heavy atom. The molecule has 1 saturated carbocycles. The van der Waals surface area contributed by atoms with Gasteiger partial charge in [-0.2, -0.15) is 0 Å². The second-order valence-electron chi connectivity index (χ2n) is 3.36. The van der Waals surface area contributed by atoms with Gasteiger partial charge >= 0.3 is 5.97 Å². The zero-order valence-corrected chi connectivity index (χ0v) is 8.05. The third-order valence-electron chi connectivity index (χ3n) is 2.39. The van der Waals surface area contributed by atoms with E-state index in [0.717, 1.165) is 6.42 Å². The molecular weight excluding hydrogens is 171 g/mol. The molecule has 74 valence electrons. The fraction of sp³-hybridized carbons (Fsp3) is 0.700. The number of carbonyl (C=O) groups is 1. The predicted octanol–water partition coefficient (Wildman–Crippen LogP) is 2.39. The van der Waals surface area contributed by atoms with Crippen molar-refractivity contribution >= 4 is 5.97 Å². The van der Waals surface area contributed by atoms with E-state index in [1.54, 1.807) is 19.9 Å². The number of alkyl halides is 1. The van der Waals surface area contributed by atoms with Crippen molar-refractivity contribution in [3.8, 4) is 0 Å². The summed E-state index contributed by atoms with van der Waals surface area (Å²) in [5.74, 6) is -0.392. The van der Waals surface area contributed by atoms with E-state index in [2.05, 4.69) is 0 Å². The second kappa shape index (κ2) is 4.40. The second-order valence-corrected chi connectivity index (χ2v) is 3.36. The SMILES string of the molecule is C/C=C(/C)C(=O)O[C@H]1CCC[C@@H]1F. The van der Waals surface area contributed by atoms with Crippen molar-refractivity contribution in [2.75, 3.05) is 0 Å². The monoisotopic (exact) mass is 186 g/mol. The first-order valence-electron chi connectivity index (χ1n) is 4.63. The summed E-state index contributed by atoms with van der Waals surface area (Å²) in [6.07, 6.45) is 2.19. The smallest absolute Gasteiger partial charge is 0.333 e. The van der Waals surface area contributed by atoms with Crippen LogP contribution < -0.4 is 0 Å². The first-order chi connectivity index (χ1) is 6.15. The number of rotatable bonds is 2. The van der Waals surface area contributed by atoms with E-state index in [9.17, 15) is 9.18 Å². The number of carbonyl (C=O) groups excluding carboxylic acids is 1. The highest BCUT2D eigenvalue weighted by molar-refractivity contribution is 5.87. The van der Waals surface area contributed by atoms with Crippen LogP contribution in [0.2, 0.25) is 0 Å². The highest BCUT2D eigenvalue weighted by Crippen LogP contribution is 2.25. The van der Waals surface area contributed by atoms with Gasteiger partial charge in [-0.15, -0.1) is 0 Å². The van der Waals surface area contributed by atoms with Crippen molar-refractivity contribution in [1.29, 1.82) is 0 Å². The maximum Gasteiger partial charge on any atom is 0.333 e. The van der Waals surface area contributed by atoms with Gasteiger partial charge in [-0.05, 0) is 33.1 Å². The molecule has 13 heavy (non-hydrogen) atoms. The molecule has 0 aromatic carbocycles. The molecule has 0 aromatic rings. The molecule has 1 rings (SSSR count). The van der Waals surface area contributed by atoms with Crippen molar-refractivity contribution < 1.29 is 13.9 Å². The summed E-state index contributed by atoms with van der Waals surface area (Å²) in [5, 5.41) is 0. The lowest BCUT2D eigenvalue weighted by atomic mass is 10.2. The van der Waals surface area contributed by atoms with Crippen LogP contribution in [0.1, 0.15) is 33.1 Å². The summed E-state index contributed by atoms with van der Waals surface area (Å²) in [7, 11) is 0. The third kappa shape index (κ3) is 2.54. The fourth-order valence-electron chi connectivity index (χ4n) is 1.36. The highest BCUT2D eigenvalue weighted by atomic mass is 19.1. The van der Waals surface area contributed by atoms with Crippen LogP contribution in [0, 0.1) is 0 Å². The van der Waals surface area contributed by atoms with Gasteiger partial charge in [0.2, 0.25) is 0 Å². The molecule has 1 aliphatic carbocycles. The number of halogens is 1. The van der Waals surface area contributed by atoms with Crippen molar-refractivity contribution in [1.82, 2.24) is 0 Å². The Morgan fingerprint density at radius 2 is 2.23 bits per heavy atom. The Hall–Kier alpha value is -0.860. The van der Waals surface area contributed by atoms with Gasteiger partial charge in [-0.1, -0.05) is 6.08 Å². The zero-order valence-electron chi connectivity index (χ0n) is 8.05. The number of esters is 1. The summed E-state index contributed by atoms with van der Waals surface area (Å²) in [4.78, 5) is 11.2. The molecule has 0 heterocycles. The van der Waals surface area contributed by atoms with Gasteiger partial charge in [0.1, 0.15) is 12.3 Å². The van der Waals surface area contributed by atoms with E-state index in [1.165, 1.54) is 0 Å². The lowest BCUT2D eigenvalue weighted by Crippen LogP contribution is -2.23. The maximum atomic E-state index is 13.0. The van der Waals surface area contributed by atoms with Gasteiger partial charge in [0, 0.05) is 5.57 Å². The molecule has 0 unspecified atom stereocenters. The van der Waals surface area contributed by atoms with Crippen LogP contribution in [0.3, 0.4) is 0 Å². The lowest BCUT2D eigenvalue weighted by molar-refractivity contribution is -0.146. The summed E-state index contributed by atoms with van der Waals surface area (Å²) < 4.78 is 18.0. The Labute approximate surface area is 77.8 Å². The molecule has 2 nitrogen and oxygen atoms in total. The molecule has 0 aliphatic heterocycles. The molecule has 0 radical (unpaired) electrons. The van der Waals surface area contributed by atoms with Crippen molar-refractivity contribution in [3.05, 3.63) is 11.6 Å². The van der Waals surface area contributed by atoms with Gasteiger partial charge in [0.05, 0.1) is 0 Å². The minimum atomic E-state index is -0.964. The molecule has 0 N–H and O–H groups in total. The lowest BCUT2D eigenvalue weighted by Gasteiger charge is -2.13. The summed E-state index contributed by atoms with van der Waals surface area (Å²) >= 11 is 0. The predicted molar refractivity (Wildman–Crippen MR) is 48.1 cm³/mol. The Kier molecular flexibility index (Phi) is 3.46. The highest BCUT2D eigenvalue weighted by Gasteiger charge is 2.30. The molecular formula is C10H15FO2. The van der Waals surface area contributed by atoms with Crippen molar-refractivity contribution in [2.45, 2.75) is 45.4 Å². The Bertz CT molecular complexity index is 223. The van der Waals surface area contributed by atoms with E-state index in [-0.39, 0.29) is 0 Å². The van der Waals surface area contributed by atoms with E-state index < -0.39 is 18.2 Å². The quantitative estimate of drug-likeness (QED) is 0.489. The normalized spacial score (nSPS) is 29.0. The van der Waals surface area contributed by atoms with Gasteiger partial charge < -0.3 is 4.74 Å². The summed E-state index contributed by atoms with van der Waals surface area (Å²) in [6, 6.07) is 0. The van der Waals surface area contributed by atoms with Crippen LogP contribution in [0.25, 0.3) is 0 Å². The van der Waals surface area contributed by atoms with Crippen LogP contribution >= 0.6 is 0 Å². The van der Waals surface area contributed by atoms with E-state index >= 15 is 0 Å². The van der Waals surface area contributed by atoms with E-state index in [4.69, 9.17) is 4.74 Å². The first kappa shape index (κ1) is 10.2. The first-order valence-corrected chi connectivity index (χ1v) is 4.63. The van der Waals surface area contributed by atoms with E-state index in [0.29, 0.717) is 18.4 Å². The molecule has 0 saturated heterocycles.